The van der Waals surface area contributed by atoms with Gasteiger partial charge in [-0.25, -0.2) is 4.68 Å². The second-order valence-electron chi connectivity index (χ2n) is 5.67. The number of nitrogens with zero attached hydrogens (tertiary/aromatic N) is 4. The fourth-order valence-corrected chi connectivity index (χ4v) is 3.16. The highest BCUT2D eigenvalue weighted by molar-refractivity contribution is 7.99. The van der Waals surface area contributed by atoms with Crippen LogP contribution in [0, 0.1) is 0 Å². The molecule has 20 heavy (non-hydrogen) atoms. The Kier molecular flexibility index (Phi) is 4.64. The van der Waals surface area contributed by atoms with Crippen molar-refractivity contribution >= 4 is 17.7 Å². The fourth-order valence-electron chi connectivity index (χ4n) is 2.05. The van der Waals surface area contributed by atoms with Crippen LogP contribution >= 0.6 is 11.8 Å². The van der Waals surface area contributed by atoms with Crippen molar-refractivity contribution in [2.24, 2.45) is 0 Å². The zero-order valence-corrected chi connectivity index (χ0v) is 12.9. The number of aliphatic carboxylic acids is 1. The van der Waals surface area contributed by atoms with Crippen LogP contribution in [-0.4, -0.2) is 48.6 Å². The Morgan fingerprint density at radius 3 is 2.85 bits per heavy atom. The summed E-state index contributed by atoms with van der Waals surface area (Å²) in [5.41, 5.74) is -0.918. The van der Waals surface area contributed by atoms with Crippen LogP contribution in [0.2, 0.25) is 0 Å². The summed E-state index contributed by atoms with van der Waals surface area (Å²) in [4.78, 5) is 11.4. The lowest BCUT2D eigenvalue weighted by Gasteiger charge is -2.28. The molecule has 0 aliphatic heterocycles. The second kappa shape index (κ2) is 6.09. The molecule has 7 nitrogen and oxygen atoms in total. The maximum absolute atomic E-state index is 11.4. The van der Waals surface area contributed by atoms with E-state index >= 15 is 0 Å². The van der Waals surface area contributed by atoms with Crippen molar-refractivity contribution in [3.63, 3.8) is 0 Å². The van der Waals surface area contributed by atoms with Gasteiger partial charge < -0.3 is 5.11 Å². The number of rotatable bonds is 8. The molecule has 2 N–H and O–H groups in total. The number of carboxylic acids is 1. The first-order chi connectivity index (χ1) is 9.42. The number of hydrogen-bond donors (Lipinski definition) is 2. The van der Waals surface area contributed by atoms with Crippen molar-refractivity contribution in [3.05, 3.63) is 0 Å². The van der Waals surface area contributed by atoms with E-state index in [9.17, 15) is 9.90 Å². The van der Waals surface area contributed by atoms with Crippen LogP contribution in [0.4, 0.5) is 0 Å². The highest BCUT2D eigenvalue weighted by Crippen LogP contribution is 2.36. The molecule has 0 saturated heterocycles. The van der Waals surface area contributed by atoms with E-state index in [1.807, 2.05) is 18.5 Å². The Morgan fingerprint density at radius 1 is 1.60 bits per heavy atom. The summed E-state index contributed by atoms with van der Waals surface area (Å²) in [6.07, 6.45) is 2.77. The molecule has 1 aromatic rings. The lowest BCUT2D eigenvalue weighted by molar-refractivity contribution is -0.144. The Morgan fingerprint density at radius 2 is 2.30 bits per heavy atom. The molecule has 2 rings (SSSR count). The van der Waals surface area contributed by atoms with Gasteiger partial charge in [-0.1, -0.05) is 11.8 Å². The van der Waals surface area contributed by atoms with E-state index in [1.54, 1.807) is 6.92 Å². The summed E-state index contributed by atoms with van der Waals surface area (Å²) < 4.78 is 1.85. The molecule has 1 unspecified atom stereocenters. The SMILES string of the molecule is CC(C)NC(C)(CCSc1nnnn1C1CC1)C(=O)O. The van der Waals surface area contributed by atoms with Gasteiger partial charge in [-0.05, 0) is 50.5 Å². The van der Waals surface area contributed by atoms with E-state index in [4.69, 9.17) is 0 Å². The summed E-state index contributed by atoms with van der Waals surface area (Å²) in [5, 5.41) is 24.9. The van der Waals surface area contributed by atoms with Gasteiger partial charge in [0.15, 0.2) is 0 Å². The highest BCUT2D eigenvalue weighted by atomic mass is 32.2. The van der Waals surface area contributed by atoms with Gasteiger partial charge in [-0.15, -0.1) is 5.10 Å². The monoisotopic (exact) mass is 299 g/mol. The number of nitrogens with one attached hydrogen (secondary N) is 1. The standard InChI is InChI=1S/C12H21N5O2S/c1-8(2)13-12(3,10(18)19)6-7-20-11-14-15-16-17(11)9-4-5-9/h8-9,13H,4-7H2,1-3H3,(H,18,19). The second-order valence-corrected chi connectivity index (χ2v) is 6.73. The average molecular weight is 299 g/mol. The van der Waals surface area contributed by atoms with Crippen molar-refractivity contribution in [1.29, 1.82) is 0 Å². The minimum absolute atomic E-state index is 0.123. The van der Waals surface area contributed by atoms with E-state index in [1.165, 1.54) is 11.8 Å². The fraction of sp³-hybridized carbons (Fsp3) is 0.833. The van der Waals surface area contributed by atoms with Crippen LogP contribution in [0.15, 0.2) is 5.16 Å². The van der Waals surface area contributed by atoms with Gasteiger partial charge in [0, 0.05) is 11.8 Å². The van der Waals surface area contributed by atoms with Crippen LogP contribution in [0.25, 0.3) is 0 Å². The number of thioether (sulfide) groups is 1. The van der Waals surface area contributed by atoms with Gasteiger partial charge in [0.2, 0.25) is 5.16 Å². The number of carboxylic acid groups (broad SMARTS) is 1. The molecule has 1 saturated carbocycles. The minimum Gasteiger partial charge on any atom is -0.480 e. The van der Waals surface area contributed by atoms with Crippen molar-refractivity contribution in [2.75, 3.05) is 5.75 Å². The van der Waals surface area contributed by atoms with Crippen LogP contribution in [-0.2, 0) is 4.79 Å². The zero-order valence-electron chi connectivity index (χ0n) is 12.0. The Bertz CT molecular complexity index is 474. The maximum atomic E-state index is 11.4. The summed E-state index contributed by atoms with van der Waals surface area (Å²) in [6, 6.07) is 0.560. The van der Waals surface area contributed by atoms with Gasteiger partial charge in [-0.3, -0.25) is 10.1 Å². The van der Waals surface area contributed by atoms with E-state index in [2.05, 4.69) is 20.8 Å². The molecule has 0 aromatic carbocycles. The van der Waals surface area contributed by atoms with Gasteiger partial charge in [0.25, 0.3) is 0 Å². The van der Waals surface area contributed by atoms with Crippen molar-refractivity contribution in [1.82, 2.24) is 25.5 Å². The van der Waals surface area contributed by atoms with E-state index in [0.29, 0.717) is 18.2 Å². The summed E-state index contributed by atoms with van der Waals surface area (Å²) >= 11 is 1.52. The molecule has 1 atom stereocenters. The molecule has 112 valence electrons. The predicted octanol–water partition coefficient (Wildman–Crippen LogP) is 1.33. The molecule has 0 bridgehead atoms. The van der Waals surface area contributed by atoms with Gasteiger partial charge >= 0.3 is 5.97 Å². The lowest BCUT2D eigenvalue weighted by atomic mass is 9.98. The number of aromatic nitrogens is 4. The number of carbonyl (C=O) groups is 1. The third-order valence-electron chi connectivity index (χ3n) is 3.27. The van der Waals surface area contributed by atoms with Crippen molar-refractivity contribution in [3.8, 4) is 0 Å². The quantitative estimate of drug-likeness (QED) is 0.699. The molecule has 1 aliphatic rings. The summed E-state index contributed by atoms with van der Waals surface area (Å²) in [5.74, 6) is -0.163. The molecular weight excluding hydrogens is 278 g/mol. The maximum Gasteiger partial charge on any atom is 0.323 e. The third kappa shape index (κ3) is 3.69. The molecule has 8 heteroatoms. The largest absolute Gasteiger partial charge is 0.480 e. The first kappa shape index (κ1) is 15.2. The van der Waals surface area contributed by atoms with Crippen molar-refractivity contribution < 1.29 is 9.90 Å². The van der Waals surface area contributed by atoms with E-state index in [0.717, 1.165) is 18.0 Å². The Labute approximate surface area is 122 Å². The van der Waals surface area contributed by atoms with Crippen LogP contribution in [0.3, 0.4) is 0 Å². The molecule has 1 fully saturated rings. The first-order valence-electron chi connectivity index (χ1n) is 6.84. The van der Waals surface area contributed by atoms with Crippen LogP contribution in [0.1, 0.15) is 46.1 Å². The molecule has 1 aliphatic carbocycles. The number of hydrogen-bond acceptors (Lipinski definition) is 6. The topological polar surface area (TPSA) is 92.9 Å². The normalized spacial score (nSPS) is 18.2. The zero-order chi connectivity index (χ0) is 14.8. The van der Waals surface area contributed by atoms with Crippen LogP contribution < -0.4 is 5.32 Å². The van der Waals surface area contributed by atoms with Gasteiger partial charge in [0.1, 0.15) is 5.54 Å². The average Bonchev–Trinajstić information content (AvgIpc) is 3.08. The van der Waals surface area contributed by atoms with Crippen molar-refractivity contribution in [2.45, 2.75) is 62.8 Å². The Balaban J connectivity index is 1.89. The summed E-state index contributed by atoms with van der Waals surface area (Å²) in [6.45, 7) is 5.61. The van der Waals surface area contributed by atoms with Gasteiger partial charge in [-0.2, -0.15) is 0 Å². The minimum atomic E-state index is -0.918. The molecule has 1 aromatic heterocycles. The lowest BCUT2D eigenvalue weighted by Crippen LogP contribution is -2.52. The molecular formula is C12H21N5O2S. The summed E-state index contributed by atoms with van der Waals surface area (Å²) in [7, 11) is 0. The smallest absolute Gasteiger partial charge is 0.323 e. The molecule has 0 spiro atoms. The number of tetrazole rings is 1. The first-order valence-corrected chi connectivity index (χ1v) is 7.82. The van der Waals surface area contributed by atoms with E-state index in [-0.39, 0.29) is 6.04 Å². The van der Waals surface area contributed by atoms with E-state index < -0.39 is 11.5 Å². The van der Waals surface area contributed by atoms with Crippen LogP contribution in [0.5, 0.6) is 0 Å². The molecule has 0 amide bonds. The third-order valence-corrected chi connectivity index (χ3v) is 4.20. The highest BCUT2D eigenvalue weighted by Gasteiger charge is 2.33. The Hall–Kier alpha value is -1.15. The molecule has 1 heterocycles. The molecule has 0 radical (unpaired) electrons. The predicted molar refractivity (Wildman–Crippen MR) is 75.7 cm³/mol. The van der Waals surface area contributed by atoms with Gasteiger partial charge in [0.05, 0.1) is 6.04 Å².